The molecule has 0 radical (unpaired) electrons. The van der Waals surface area contributed by atoms with E-state index in [2.05, 4.69) is 10.2 Å². The molecule has 0 bridgehead atoms. The summed E-state index contributed by atoms with van der Waals surface area (Å²) >= 11 is 0. The lowest BCUT2D eigenvalue weighted by Gasteiger charge is -2.28. The number of ether oxygens (including phenoxy) is 2. The molecule has 0 aliphatic carbocycles. The van der Waals surface area contributed by atoms with Crippen molar-refractivity contribution >= 4 is 0 Å². The van der Waals surface area contributed by atoms with Crippen molar-refractivity contribution in [3.8, 4) is 11.5 Å². The molecular formula is C23H30F2N2O3. The fourth-order valence-corrected chi connectivity index (χ4v) is 3.62. The predicted octanol–water partition coefficient (Wildman–Crippen LogP) is 3.49. The van der Waals surface area contributed by atoms with Gasteiger partial charge in [0.25, 0.3) is 0 Å². The van der Waals surface area contributed by atoms with Gasteiger partial charge in [-0.15, -0.1) is 0 Å². The first-order valence-electron chi connectivity index (χ1n) is 10.4. The Morgan fingerprint density at radius 2 is 1.67 bits per heavy atom. The van der Waals surface area contributed by atoms with Crippen molar-refractivity contribution in [1.29, 1.82) is 0 Å². The second kappa shape index (κ2) is 11.2. The van der Waals surface area contributed by atoms with Crippen LogP contribution in [0.2, 0.25) is 0 Å². The quantitative estimate of drug-likeness (QED) is 0.616. The van der Waals surface area contributed by atoms with E-state index in [1.807, 2.05) is 18.2 Å². The molecule has 1 atom stereocenters. The predicted molar refractivity (Wildman–Crippen MR) is 112 cm³/mol. The summed E-state index contributed by atoms with van der Waals surface area (Å²) in [5, 5.41) is 13.5. The zero-order chi connectivity index (χ0) is 21.3. The molecule has 0 saturated carbocycles. The number of methoxy groups -OCH3 is 1. The fourth-order valence-electron chi connectivity index (χ4n) is 3.62. The third kappa shape index (κ3) is 6.65. The molecule has 30 heavy (non-hydrogen) atoms. The van der Waals surface area contributed by atoms with Gasteiger partial charge in [-0.25, -0.2) is 8.78 Å². The second-order valence-corrected chi connectivity index (χ2v) is 7.66. The number of aliphatic hydroxyl groups is 1. The van der Waals surface area contributed by atoms with Gasteiger partial charge in [-0.1, -0.05) is 18.6 Å². The fraction of sp³-hybridized carbons (Fsp3) is 0.478. The molecule has 2 N–H and O–H groups in total. The Morgan fingerprint density at radius 3 is 2.37 bits per heavy atom. The first-order valence-corrected chi connectivity index (χ1v) is 10.4. The van der Waals surface area contributed by atoms with E-state index >= 15 is 0 Å². The van der Waals surface area contributed by atoms with Crippen LogP contribution in [0.1, 0.15) is 30.4 Å². The Hall–Kier alpha value is -2.22. The van der Waals surface area contributed by atoms with Gasteiger partial charge in [-0.2, -0.15) is 0 Å². The van der Waals surface area contributed by atoms with Crippen LogP contribution in [0.3, 0.4) is 0 Å². The van der Waals surface area contributed by atoms with E-state index in [0.717, 1.165) is 24.7 Å². The zero-order valence-electron chi connectivity index (χ0n) is 17.4. The highest BCUT2D eigenvalue weighted by Gasteiger charge is 2.16. The number of nitrogens with one attached hydrogen (secondary N) is 1. The molecular weight excluding hydrogens is 390 g/mol. The SMILES string of the molecule is COc1ccc(CNCc2ccc(F)c(F)c2)cc1OCC(O)CN1CCCCC1. The molecule has 0 amide bonds. The van der Waals surface area contributed by atoms with Crippen molar-refractivity contribution in [2.75, 3.05) is 33.4 Å². The maximum absolute atomic E-state index is 13.3. The lowest BCUT2D eigenvalue weighted by molar-refractivity contribution is 0.0608. The smallest absolute Gasteiger partial charge is 0.161 e. The molecule has 5 nitrogen and oxygen atoms in total. The van der Waals surface area contributed by atoms with E-state index < -0.39 is 17.7 Å². The third-order valence-corrected chi connectivity index (χ3v) is 5.22. The first-order chi connectivity index (χ1) is 14.5. The minimum Gasteiger partial charge on any atom is -0.493 e. The highest BCUT2D eigenvalue weighted by Crippen LogP contribution is 2.28. The summed E-state index contributed by atoms with van der Waals surface area (Å²) in [6.45, 7) is 3.79. The van der Waals surface area contributed by atoms with Crippen LogP contribution in [0.4, 0.5) is 8.78 Å². The summed E-state index contributed by atoms with van der Waals surface area (Å²) in [5.41, 5.74) is 1.62. The van der Waals surface area contributed by atoms with Crippen LogP contribution in [0.5, 0.6) is 11.5 Å². The first kappa shape index (κ1) is 22.5. The molecule has 1 saturated heterocycles. The van der Waals surface area contributed by atoms with Crippen molar-refractivity contribution in [2.24, 2.45) is 0 Å². The van der Waals surface area contributed by atoms with E-state index in [1.165, 1.54) is 25.3 Å². The maximum Gasteiger partial charge on any atom is 0.161 e. The second-order valence-electron chi connectivity index (χ2n) is 7.66. The van der Waals surface area contributed by atoms with Crippen LogP contribution in [0.15, 0.2) is 36.4 Å². The van der Waals surface area contributed by atoms with Crippen molar-refractivity contribution in [3.05, 3.63) is 59.2 Å². The summed E-state index contributed by atoms with van der Waals surface area (Å²) < 4.78 is 37.5. The minimum atomic E-state index is -0.849. The summed E-state index contributed by atoms with van der Waals surface area (Å²) in [4.78, 5) is 2.27. The minimum absolute atomic E-state index is 0.193. The van der Waals surface area contributed by atoms with Crippen molar-refractivity contribution in [2.45, 2.75) is 38.5 Å². The van der Waals surface area contributed by atoms with E-state index in [9.17, 15) is 13.9 Å². The van der Waals surface area contributed by atoms with Crippen LogP contribution in [-0.4, -0.2) is 49.5 Å². The molecule has 1 heterocycles. The lowest BCUT2D eigenvalue weighted by atomic mass is 10.1. The van der Waals surface area contributed by atoms with Gasteiger partial charge in [0.1, 0.15) is 12.7 Å². The van der Waals surface area contributed by atoms with Gasteiger partial charge in [0.05, 0.1) is 7.11 Å². The molecule has 1 aliphatic heterocycles. The molecule has 1 aliphatic rings. The summed E-state index contributed by atoms with van der Waals surface area (Å²) in [6.07, 6.45) is 3.06. The average molecular weight is 421 g/mol. The highest BCUT2D eigenvalue weighted by molar-refractivity contribution is 5.43. The third-order valence-electron chi connectivity index (χ3n) is 5.22. The molecule has 0 spiro atoms. The highest BCUT2D eigenvalue weighted by atomic mass is 19.2. The molecule has 7 heteroatoms. The number of hydrogen-bond donors (Lipinski definition) is 2. The van der Waals surface area contributed by atoms with Gasteiger partial charge in [0.2, 0.25) is 0 Å². The number of aliphatic hydroxyl groups excluding tert-OH is 1. The van der Waals surface area contributed by atoms with E-state index in [1.54, 1.807) is 13.2 Å². The van der Waals surface area contributed by atoms with Gasteiger partial charge in [0.15, 0.2) is 23.1 Å². The number of β-amino-alcohol motifs (C(OH)–C–C–N with tert-alkyl or cyclic N) is 1. The summed E-state index contributed by atoms with van der Waals surface area (Å²) in [7, 11) is 1.58. The van der Waals surface area contributed by atoms with E-state index in [0.29, 0.717) is 36.7 Å². The topological polar surface area (TPSA) is 54.0 Å². The number of likely N-dealkylation sites (tertiary alicyclic amines) is 1. The Bertz CT molecular complexity index is 813. The van der Waals surface area contributed by atoms with Crippen molar-refractivity contribution < 1.29 is 23.4 Å². The van der Waals surface area contributed by atoms with Crippen LogP contribution in [0.25, 0.3) is 0 Å². The Kier molecular flexibility index (Phi) is 8.42. The standard InChI is InChI=1S/C23H30F2N2O3/c1-29-22-8-6-18(14-26-13-17-5-7-20(24)21(25)11-17)12-23(22)30-16-19(28)15-27-9-3-2-4-10-27/h5-8,11-12,19,26,28H,2-4,9-10,13-16H2,1H3. The zero-order valence-corrected chi connectivity index (χ0v) is 17.4. The molecule has 2 aromatic carbocycles. The number of nitrogens with zero attached hydrogens (tertiary/aromatic N) is 1. The number of halogens is 2. The molecule has 2 aromatic rings. The Morgan fingerprint density at radius 1 is 0.967 bits per heavy atom. The summed E-state index contributed by atoms with van der Waals surface area (Å²) in [6, 6.07) is 9.47. The van der Waals surface area contributed by atoms with Gasteiger partial charge < -0.3 is 24.8 Å². The normalized spacial score (nSPS) is 15.7. The monoisotopic (exact) mass is 420 g/mol. The summed E-state index contributed by atoms with van der Waals surface area (Å²) in [5.74, 6) is -0.525. The molecule has 1 unspecified atom stereocenters. The number of benzene rings is 2. The van der Waals surface area contributed by atoms with Gasteiger partial charge >= 0.3 is 0 Å². The lowest BCUT2D eigenvalue weighted by Crippen LogP contribution is -2.38. The van der Waals surface area contributed by atoms with Crippen molar-refractivity contribution in [3.63, 3.8) is 0 Å². The molecule has 164 valence electrons. The van der Waals surface area contributed by atoms with Gasteiger partial charge in [-0.05, 0) is 61.3 Å². The Balaban J connectivity index is 1.51. The Labute approximate surface area is 176 Å². The molecule has 0 aromatic heterocycles. The maximum atomic E-state index is 13.3. The van der Waals surface area contributed by atoms with Crippen LogP contribution in [-0.2, 0) is 13.1 Å². The number of rotatable bonds is 10. The largest absolute Gasteiger partial charge is 0.493 e. The molecule has 1 fully saturated rings. The van der Waals surface area contributed by atoms with E-state index in [-0.39, 0.29) is 6.61 Å². The number of piperidine rings is 1. The van der Waals surface area contributed by atoms with Crippen LogP contribution < -0.4 is 14.8 Å². The van der Waals surface area contributed by atoms with Crippen LogP contribution in [0, 0.1) is 11.6 Å². The number of hydrogen-bond acceptors (Lipinski definition) is 5. The average Bonchev–Trinajstić information content (AvgIpc) is 2.75. The van der Waals surface area contributed by atoms with E-state index in [4.69, 9.17) is 9.47 Å². The van der Waals surface area contributed by atoms with Gasteiger partial charge in [0, 0.05) is 19.6 Å². The van der Waals surface area contributed by atoms with Crippen LogP contribution >= 0.6 is 0 Å². The molecule has 3 rings (SSSR count). The van der Waals surface area contributed by atoms with Crippen molar-refractivity contribution in [1.82, 2.24) is 10.2 Å². The van der Waals surface area contributed by atoms with Gasteiger partial charge in [-0.3, -0.25) is 0 Å².